The highest BCUT2D eigenvalue weighted by Crippen LogP contribution is 2.24. The van der Waals surface area contributed by atoms with Gasteiger partial charge < -0.3 is 15.4 Å². The van der Waals surface area contributed by atoms with Crippen LogP contribution in [0.5, 0.6) is 5.75 Å². The Balaban J connectivity index is 1.74. The molecule has 1 heterocycles. The molecule has 0 atom stereocenters. The fraction of sp³-hybridized carbons (Fsp3) is 0.100. The number of benzene rings is 2. The Bertz CT molecular complexity index is 980. The molecule has 3 aromatic rings. The van der Waals surface area contributed by atoms with E-state index < -0.39 is 0 Å². The van der Waals surface area contributed by atoms with Gasteiger partial charge >= 0.3 is 0 Å². The first-order chi connectivity index (χ1) is 13.2. The van der Waals surface area contributed by atoms with E-state index in [9.17, 15) is 4.79 Å². The molecule has 1 aromatic heterocycles. The minimum absolute atomic E-state index is 0.215. The van der Waals surface area contributed by atoms with E-state index in [1.54, 1.807) is 36.4 Å². The molecular formula is C20H17N5O2. The molecule has 2 N–H and O–H groups in total. The van der Waals surface area contributed by atoms with Crippen LogP contribution in [-0.2, 0) is 0 Å². The zero-order valence-corrected chi connectivity index (χ0v) is 14.6. The van der Waals surface area contributed by atoms with Crippen molar-refractivity contribution >= 4 is 23.2 Å². The van der Waals surface area contributed by atoms with E-state index in [4.69, 9.17) is 10.00 Å². The van der Waals surface area contributed by atoms with Gasteiger partial charge in [-0.1, -0.05) is 12.1 Å². The minimum atomic E-state index is -0.368. The van der Waals surface area contributed by atoms with E-state index in [2.05, 4.69) is 26.7 Å². The molecule has 7 nitrogen and oxygen atoms in total. The van der Waals surface area contributed by atoms with Crippen LogP contribution in [0, 0.1) is 11.3 Å². The lowest BCUT2D eigenvalue weighted by atomic mass is 10.2. The van der Waals surface area contributed by atoms with E-state index in [1.165, 1.54) is 12.3 Å². The van der Waals surface area contributed by atoms with Crippen LogP contribution >= 0.6 is 0 Å². The van der Waals surface area contributed by atoms with Crippen LogP contribution in [0.1, 0.15) is 23.0 Å². The van der Waals surface area contributed by atoms with Gasteiger partial charge in [0, 0.05) is 11.9 Å². The first-order valence-corrected chi connectivity index (χ1v) is 8.33. The van der Waals surface area contributed by atoms with Crippen LogP contribution in [0.25, 0.3) is 0 Å². The molecule has 2 aromatic carbocycles. The molecule has 0 radical (unpaired) electrons. The molecule has 0 saturated heterocycles. The monoisotopic (exact) mass is 359 g/mol. The average molecular weight is 359 g/mol. The summed E-state index contributed by atoms with van der Waals surface area (Å²) in [5.74, 6) is 0.510. The number of nitrogens with one attached hydrogen (secondary N) is 2. The maximum Gasteiger partial charge on any atom is 0.274 e. The second kappa shape index (κ2) is 8.45. The number of aromatic nitrogens is 2. The Morgan fingerprint density at radius 2 is 1.93 bits per heavy atom. The van der Waals surface area contributed by atoms with E-state index in [0.717, 1.165) is 0 Å². The zero-order valence-electron chi connectivity index (χ0n) is 14.6. The van der Waals surface area contributed by atoms with Gasteiger partial charge in [-0.15, -0.1) is 0 Å². The Labute approximate surface area is 156 Å². The molecule has 134 valence electrons. The Morgan fingerprint density at radius 3 is 2.67 bits per heavy atom. The lowest BCUT2D eigenvalue weighted by Crippen LogP contribution is -2.15. The van der Waals surface area contributed by atoms with Crippen molar-refractivity contribution in [1.82, 2.24) is 9.97 Å². The number of nitriles is 1. The highest BCUT2D eigenvalue weighted by molar-refractivity contribution is 6.03. The number of carbonyl (C=O) groups excluding carboxylic acids is 1. The third-order valence-electron chi connectivity index (χ3n) is 3.59. The Morgan fingerprint density at radius 1 is 1.15 bits per heavy atom. The minimum Gasteiger partial charge on any atom is -0.492 e. The van der Waals surface area contributed by atoms with Crippen molar-refractivity contribution in [2.75, 3.05) is 17.2 Å². The van der Waals surface area contributed by atoms with Crippen molar-refractivity contribution in [3.05, 3.63) is 72.1 Å². The first-order valence-electron chi connectivity index (χ1n) is 8.33. The largest absolute Gasteiger partial charge is 0.492 e. The maximum atomic E-state index is 12.5. The van der Waals surface area contributed by atoms with E-state index in [0.29, 0.717) is 29.3 Å². The maximum absolute atomic E-state index is 12.5. The molecule has 0 aliphatic rings. The highest BCUT2D eigenvalue weighted by Gasteiger charge is 2.12. The molecule has 3 rings (SSSR count). The third kappa shape index (κ3) is 4.58. The van der Waals surface area contributed by atoms with Crippen molar-refractivity contribution in [2.45, 2.75) is 6.92 Å². The molecule has 0 unspecified atom stereocenters. The topological polar surface area (TPSA) is 99.9 Å². The molecule has 7 heteroatoms. The number of amides is 1. The normalized spacial score (nSPS) is 9.93. The number of carbonyl (C=O) groups is 1. The summed E-state index contributed by atoms with van der Waals surface area (Å²) in [6.45, 7) is 2.38. The summed E-state index contributed by atoms with van der Waals surface area (Å²) >= 11 is 0. The predicted octanol–water partition coefficient (Wildman–Crippen LogP) is 3.74. The molecular weight excluding hydrogens is 342 g/mol. The molecule has 0 fully saturated rings. The van der Waals surface area contributed by atoms with Crippen LogP contribution in [0.15, 0.2) is 60.8 Å². The fourth-order valence-corrected chi connectivity index (χ4v) is 2.34. The summed E-state index contributed by atoms with van der Waals surface area (Å²) in [7, 11) is 0. The molecule has 0 aliphatic heterocycles. The van der Waals surface area contributed by atoms with Gasteiger partial charge in [0.1, 0.15) is 11.4 Å². The quantitative estimate of drug-likeness (QED) is 0.695. The van der Waals surface area contributed by atoms with Crippen LogP contribution in [-0.4, -0.2) is 22.5 Å². The molecule has 0 saturated carbocycles. The first kappa shape index (κ1) is 17.9. The highest BCUT2D eigenvalue weighted by atomic mass is 16.5. The summed E-state index contributed by atoms with van der Waals surface area (Å²) in [4.78, 5) is 20.9. The predicted molar refractivity (Wildman–Crippen MR) is 102 cm³/mol. The smallest absolute Gasteiger partial charge is 0.274 e. The van der Waals surface area contributed by atoms with Gasteiger partial charge in [-0.2, -0.15) is 5.26 Å². The zero-order chi connectivity index (χ0) is 19.1. The van der Waals surface area contributed by atoms with Gasteiger partial charge in [-0.05, 0) is 49.4 Å². The molecule has 0 spiro atoms. The second-order valence-electron chi connectivity index (χ2n) is 5.46. The molecule has 27 heavy (non-hydrogen) atoms. The van der Waals surface area contributed by atoms with Gasteiger partial charge in [-0.25, -0.2) is 9.97 Å². The summed E-state index contributed by atoms with van der Waals surface area (Å²) < 4.78 is 5.51. The van der Waals surface area contributed by atoms with Crippen molar-refractivity contribution < 1.29 is 9.53 Å². The fourth-order valence-electron chi connectivity index (χ4n) is 2.34. The van der Waals surface area contributed by atoms with Gasteiger partial charge in [0.25, 0.3) is 5.91 Å². The SMILES string of the molecule is CCOc1ccccc1NC(=O)c1ccnc(Nc2ccc(C#N)cc2)n1. The van der Waals surface area contributed by atoms with Crippen LogP contribution in [0.2, 0.25) is 0 Å². The third-order valence-corrected chi connectivity index (χ3v) is 3.59. The summed E-state index contributed by atoms with van der Waals surface area (Å²) in [6.07, 6.45) is 1.50. The average Bonchev–Trinajstić information content (AvgIpc) is 2.70. The number of anilines is 3. The molecule has 0 aliphatic carbocycles. The van der Waals surface area contributed by atoms with Gasteiger partial charge in [0.05, 0.1) is 23.9 Å². The molecule has 1 amide bonds. The number of rotatable bonds is 6. The van der Waals surface area contributed by atoms with Crippen molar-refractivity contribution in [3.8, 4) is 11.8 Å². The van der Waals surface area contributed by atoms with E-state index >= 15 is 0 Å². The Hall–Kier alpha value is -3.92. The number of hydrogen-bond donors (Lipinski definition) is 2. The number of para-hydroxylation sites is 2. The van der Waals surface area contributed by atoms with Gasteiger partial charge in [-0.3, -0.25) is 4.79 Å². The summed E-state index contributed by atoms with van der Waals surface area (Å²) in [5.41, 5.74) is 2.06. The van der Waals surface area contributed by atoms with Crippen LogP contribution < -0.4 is 15.4 Å². The van der Waals surface area contributed by atoms with Crippen molar-refractivity contribution in [1.29, 1.82) is 5.26 Å². The lowest BCUT2D eigenvalue weighted by Gasteiger charge is -2.11. The Kier molecular flexibility index (Phi) is 5.60. The second-order valence-corrected chi connectivity index (χ2v) is 5.46. The van der Waals surface area contributed by atoms with Crippen molar-refractivity contribution in [3.63, 3.8) is 0 Å². The van der Waals surface area contributed by atoms with E-state index in [-0.39, 0.29) is 17.5 Å². The molecule has 0 bridgehead atoms. The van der Waals surface area contributed by atoms with E-state index in [1.807, 2.05) is 19.1 Å². The summed E-state index contributed by atoms with van der Waals surface area (Å²) in [6, 6.07) is 17.6. The number of nitrogens with zero attached hydrogens (tertiary/aromatic N) is 3. The van der Waals surface area contributed by atoms with Crippen LogP contribution in [0.4, 0.5) is 17.3 Å². The van der Waals surface area contributed by atoms with Gasteiger partial charge in [0.2, 0.25) is 5.95 Å². The number of hydrogen-bond acceptors (Lipinski definition) is 6. The standard InChI is InChI=1S/C20H17N5O2/c1-2-27-18-6-4-3-5-16(18)24-19(26)17-11-12-22-20(25-17)23-15-9-7-14(13-21)8-10-15/h3-12H,2H2,1H3,(H,24,26)(H,22,23,25). The lowest BCUT2D eigenvalue weighted by molar-refractivity contribution is 0.102. The number of ether oxygens (including phenoxy) is 1. The van der Waals surface area contributed by atoms with Gasteiger partial charge in [0.15, 0.2) is 0 Å². The van der Waals surface area contributed by atoms with Crippen LogP contribution in [0.3, 0.4) is 0 Å². The summed E-state index contributed by atoms with van der Waals surface area (Å²) in [5, 5.41) is 14.7. The van der Waals surface area contributed by atoms with Crippen molar-refractivity contribution in [2.24, 2.45) is 0 Å².